The lowest BCUT2D eigenvalue weighted by Crippen LogP contribution is -2.25. The zero-order chi connectivity index (χ0) is 12.3. The molecular formula is C11H15N3O3. The number of hydrogen-bond acceptors (Lipinski definition) is 3. The van der Waals surface area contributed by atoms with Crippen LogP contribution >= 0.6 is 0 Å². The Labute approximate surface area is 98.4 Å². The van der Waals surface area contributed by atoms with Gasteiger partial charge in [0.15, 0.2) is 0 Å². The maximum Gasteiger partial charge on any atom is 0.303 e. The van der Waals surface area contributed by atoms with Gasteiger partial charge in [0, 0.05) is 24.6 Å². The summed E-state index contributed by atoms with van der Waals surface area (Å²) in [6.07, 6.45) is 2.80. The van der Waals surface area contributed by atoms with Crippen molar-refractivity contribution >= 4 is 11.9 Å². The van der Waals surface area contributed by atoms with E-state index in [0.717, 1.165) is 18.5 Å². The summed E-state index contributed by atoms with van der Waals surface area (Å²) >= 11 is 0. The van der Waals surface area contributed by atoms with E-state index in [-0.39, 0.29) is 12.3 Å². The van der Waals surface area contributed by atoms with Crippen LogP contribution in [-0.2, 0) is 4.79 Å². The molecule has 0 unspecified atom stereocenters. The van der Waals surface area contributed by atoms with Crippen molar-refractivity contribution in [1.29, 1.82) is 0 Å². The summed E-state index contributed by atoms with van der Waals surface area (Å²) in [7, 11) is 0. The van der Waals surface area contributed by atoms with Gasteiger partial charge in [-0.05, 0) is 25.3 Å². The summed E-state index contributed by atoms with van der Waals surface area (Å²) in [5, 5.41) is 17.9. The van der Waals surface area contributed by atoms with Crippen LogP contribution in [0.5, 0.6) is 0 Å². The number of carboxylic acid groups (broad SMARTS) is 1. The molecule has 0 bridgehead atoms. The molecule has 1 aromatic rings. The smallest absolute Gasteiger partial charge is 0.303 e. The van der Waals surface area contributed by atoms with E-state index in [9.17, 15) is 9.59 Å². The molecule has 0 atom stereocenters. The molecule has 0 aliphatic heterocycles. The van der Waals surface area contributed by atoms with Gasteiger partial charge in [-0.25, -0.2) is 0 Å². The number of hydrogen-bond donors (Lipinski definition) is 3. The zero-order valence-electron chi connectivity index (χ0n) is 9.40. The van der Waals surface area contributed by atoms with Crippen LogP contribution in [0.4, 0.5) is 0 Å². The fourth-order valence-corrected chi connectivity index (χ4v) is 1.59. The van der Waals surface area contributed by atoms with Crippen molar-refractivity contribution in [2.45, 2.75) is 31.6 Å². The van der Waals surface area contributed by atoms with Crippen molar-refractivity contribution < 1.29 is 14.7 Å². The lowest BCUT2D eigenvalue weighted by Gasteiger charge is -2.00. The van der Waals surface area contributed by atoms with E-state index in [1.54, 1.807) is 6.07 Å². The fraction of sp³-hybridized carbons (Fsp3) is 0.545. The number of aromatic nitrogens is 2. The Hall–Kier alpha value is -1.85. The van der Waals surface area contributed by atoms with Gasteiger partial charge < -0.3 is 10.4 Å². The monoisotopic (exact) mass is 237 g/mol. The van der Waals surface area contributed by atoms with Gasteiger partial charge in [-0.3, -0.25) is 14.7 Å². The molecule has 92 valence electrons. The number of carbonyl (C=O) groups is 2. The summed E-state index contributed by atoms with van der Waals surface area (Å²) < 4.78 is 0. The number of aromatic amines is 1. The number of aliphatic carboxylic acids is 1. The molecule has 6 nitrogen and oxygen atoms in total. The summed E-state index contributed by atoms with van der Waals surface area (Å²) in [5.74, 6) is -0.565. The summed E-state index contributed by atoms with van der Waals surface area (Å²) in [6.45, 7) is 0.358. The third-order valence-corrected chi connectivity index (χ3v) is 2.70. The molecule has 3 N–H and O–H groups in total. The highest BCUT2D eigenvalue weighted by atomic mass is 16.4. The molecular weight excluding hydrogens is 222 g/mol. The maximum atomic E-state index is 11.6. The highest BCUT2D eigenvalue weighted by Crippen LogP contribution is 2.38. The molecule has 1 heterocycles. The molecule has 1 aliphatic rings. The SMILES string of the molecule is O=C(O)CCCNC(=O)c1cc(C2CC2)[nH]n1. The van der Waals surface area contributed by atoms with Crippen LogP contribution in [0.15, 0.2) is 6.07 Å². The van der Waals surface area contributed by atoms with Crippen LogP contribution < -0.4 is 5.32 Å². The van der Waals surface area contributed by atoms with E-state index in [1.807, 2.05) is 0 Å². The Kier molecular flexibility index (Phi) is 3.41. The van der Waals surface area contributed by atoms with Crippen LogP contribution in [0.2, 0.25) is 0 Å². The second-order valence-corrected chi connectivity index (χ2v) is 4.24. The average Bonchev–Trinajstić information content (AvgIpc) is 3.02. The molecule has 1 amide bonds. The van der Waals surface area contributed by atoms with E-state index in [0.29, 0.717) is 24.6 Å². The first-order valence-corrected chi connectivity index (χ1v) is 5.72. The minimum atomic E-state index is -0.852. The molecule has 1 saturated carbocycles. The van der Waals surface area contributed by atoms with Gasteiger partial charge in [0.1, 0.15) is 5.69 Å². The van der Waals surface area contributed by atoms with Crippen LogP contribution in [0.3, 0.4) is 0 Å². The normalized spacial score (nSPS) is 14.6. The molecule has 0 saturated heterocycles. The van der Waals surface area contributed by atoms with Crippen molar-refractivity contribution in [1.82, 2.24) is 15.5 Å². The van der Waals surface area contributed by atoms with E-state index >= 15 is 0 Å². The predicted octanol–water partition coefficient (Wildman–Crippen LogP) is 0.882. The Balaban J connectivity index is 1.76. The number of carboxylic acids is 1. The highest BCUT2D eigenvalue weighted by Gasteiger charge is 2.26. The number of nitrogens with zero attached hydrogens (tertiary/aromatic N) is 1. The van der Waals surface area contributed by atoms with Gasteiger partial charge in [0.25, 0.3) is 5.91 Å². The summed E-state index contributed by atoms with van der Waals surface area (Å²) in [4.78, 5) is 21.9. The third-order valence-electron chi connectivity index (χ3n) is 2.70. The lowest BCUT2D eigenvalue weighted by atomic mass is 10.2. The number of H-pyrrole nitrogens is 1. The summed E-state index contributed by atoms with van der Waals surface area (Å²) in [6, 6.07) is 1.77. The van der Waals surface area contributed by atoms with Gasteiger partial charge in [-0.1, -0.05) is 0 Å². The maximum absolute atomic E-state index is 11.6. The van der Waals surface area contributed by atoms with Crippen molar-refractivity contribution in [3.63, 3.8) is 0 Å². The summed E-state index contributed by atoms with van der Waals surface area (Å²) in [5.41, 5.74) is 1.39. The van der Waals surface area contributed by atoms with Crippen molar-refractivity contribution in [2.75, 3.05) is 6.54 Å². The van der Waals surface area contributed by atoms with Gasteiger partial charge in [-0.15, -0.1) is 0 Å². The first-order chi connectivity index (χ1) is 8.16. The standard InChI is InChI=1S/C11H15N3O3/c15-10(16)2-1-5-12-11(17)9-6-8(13-14-9)7-3-4-7/h6-7H,1-5H2,(H,12,17)(H,13,14)(H,15,16). The highest BCUT2D eigenvalue weighted by molar-refractivity contribution is 5.92. The van der Waals surface area contributed by atoms with Gasteiger partial charge in [-0.2, -0.15) is 5.10 Å². The van der Waals surface area contributed by atoms with Crippen LogP contribution in [0.25, 0.3) is 0 Å². The van der Waals surface area contributed by atoms with E-state index in [2.05, 4.69) is 15.5 Å². The molecule has 1 aromatic heterocycles. The topological polar surface area (TPSA) is 95.1 Å². The van der Waals surface area contributed by atoms with Gasteiger partial charge in [0.2, 0.25) is 0 Å². The quantitative estimate of drug-likeness (QED) is 0.640. The average molecular weight is 237 g/mol. The zero-order valence-corrected chi connectivity index (χ0v) is 9.40. The molecule has 0 aromatic carbocycles. The molecule has 2 rings (SSSR count). The Morgan fingerprint density at radius 3 is 2.94 bits per heavy atom. The minimum absolute atomic E-state index is 0.0637. The largest absolute Gasteiger partial charge is 0.481 e. The Morgan fingerprint density at radius 1 is 1.53 bits per heavy atom. The van der Waals surface area contributed by atoms with Gasteiger partial charge >= 0.3 is 5.97 Å². The molecule has 6 heteroatoms. The van der Waals surface area contributed by atoms with E-state index < -0.39 is 5.97 Å². The van der Waals surface area contributed by atoms with Crippen molar-refractivity contribution in [3.05, 3.63) is 17.5 Å². The number of rotatable bonds is 6. The lowest BCUT2D eigenvalue weighted by molar-refractivity contribution is -0.137. The van der Waals surface area contributed by atoms with Crippen LogP contribution in [0, 0.1) is 0 Å². The molecule has 0 spiro atoms. The van der Waals surface area contributed by atoms with Crippen LogP contribution in [0.1, 0.15) is 47.8 Å². The van der Waals surface area contributed by atoms with Crippen molar-refractivity contribution in [2.24, 2.45) is 0 Å². The molecule has 0 radical (unpaired) electrons. The first kappa shape index (κ1) is 11.6. The second-order valence-electron chi connectivity index (χ2n) is 4.24. The third kappa shape index (κ3) is 3.30. The van der Waals surface area contributed by atoms with Crippen molar-refractivity contribution in [3.8, 4) is 0 Å². The molecule has 1 aliphatic carbocycles. The minimum Gasteiger partial charge on any atom is -0.481 e. The second kappa shape index (κ2) is 4.99. The predicted molar refractivity (Wildman–Crippen MR) is 59.8 cm³/mol. The number of carbonyl (C=O) groups excluding carboxylic acids is 1. The fourth-order valence-electron chi connectivity index (χ4n) is 1.59. The Bertz CT molecular complexity index is 423. The van der Waals surface area contributed by atoms with Crippen LogP contribution in [-0.4, -0.2) is 33.7 Å². The first-order valence-electron chi connectivity index (χ1n) is 5.72. The number of nitrogens with one attached hydrogen (secondary N) is 2. The van der Waals surface area contributed by atoms with E-state index in [1.165, 1.54) is 0 Å². The van der Waals surface area contributed by atoms with E-state index in [4.69, 9.17) is 5.11 Å². The number of amides is 1. The van der Waals surface area contributed by atoms with Gasteiger partial charge in [0.05, 0.1) is 0 Å². The Morgan fingerprint density at radius 2 is 2.29 bits per heavy atom. The molecule has 17 heavy (non-hydrogen) atoms. The molecule has 1 fully saturated rings.